The van der Waals surface area contributed by atoms with Gasteiger partial charge < -0.3 is 18.4 Å². The molecule has 0 saturated carbocycles. The zero-order valence-electron chi connectivity index (χ0n) is 36.0. The Morgan fingerprint density at radius 1 is 0.561 bits per heavy atom. The Labute approximate surface area is 392 Å². The summed E-state index contributed by atoms with van der Waals surface area (Å²) >= 11 is 0. The van der Waals surface area contributed by atoms with Crippen molar-refractivity contribution in [1.29, 1.82) is 0 Å². The van der Waals surface area contributed by atoms with Crippen LogP contribution in [0.25, 0.3) is 133 Å². The van der Waals surface area contributed by atoms with Crippen LogP contribution in [0, 0.1) is 6.07 Å². The zero-order valence-corrected chi connectivity index (χ0v) is 38.3. The first-order chi connectivity index (χ1) is 31.9. The summed E-state index contributed by atoms with van der Waals surface area (Å²) in [6, 6.07) is 61.1. The molecular formula is C58H37N5O2Pt. The Morgan fingerprint density at radius 3 is 2.14 bits per heavy atom. The molecule has 0 atom stereocenters. The Morgan fingerprint density at radius 2 is 1.33 bits per heavy atom. The number of fused-ring (bicyclic) bond motifs is 14. The minimum absolute atomic E-state index is 0. The number of rotatable bonds is 4. The number of pyridine rings is 1. The van der Waals surface area contributed by atoms with Crippen molar-refractivity contribution in [3.05, 3.63) is 182 Å². The fourth-order valence-corrected chi connectivity index (χ4v) is 10.2. The van der Waals surface area contributed by atoms with Crippen molar-refractivity contribution in [2.24, 2.45) is 0 Å². The van der Waals surface area contributed by atoms with Crippen molar-refractivity contribution in [2.45, 2.75) is 26.2 Å². The molecule has 6 aromatic heterocycles. The van der Waals surface area contributed by atoms with Crippen LogP contribution in [0.3, 0.4) is 0 Å². The van der Waals surface area contributed by atoms with Gasteiger partial charge in [-0.1, -0.05) is 123 Å². The van der Waals surface area contributed by atoms with Gasteiger partial charge in [0.15, 0.2) is 0 Å². The molecule has 0 saturated heterocycles. The molecule has 8 aromatic carbocycles. The zero-order chi connectivity index (χ0) is 43.1. The topological polar surface area (TPSA) is 76.0 Å². The van der Waals surface area contributed by atoms with Gasteiger partial charge >= 0.3 is 21.1 Å². The monoisotopic (exact) mass is 1030 g/mol. The molecule has 0 amide bonds. The molecule has 14 aromatic rings. The number of imidazole rings is 1. The Bertz CT molecular complexity index is 4280. The number of furan rings is 2. The van der Waals surface area contributed by atoms with Crippen molar-refractivity contribution in [2.75, 3.05) is 0 Å². The Kier molecular flexibility index (Phi) is 8.29. The van der Waals surface area contributed by atoms with Gasteiger partial charge in [-0.3, -0.25) is 4.57 Å². The first kappa shape index (κ1) is 38.7. The molecule has 0 aliphatic carbocycles. The summed E-state index contributed by atoms with van der Waals surface area (Å²) in [6.07, 6.45) is 1.85. The normalized spacial score (nSPS) is 12.3. The second-order valence-corrected chi connectivity index (χ2v) is 18.1. The Hall–Kier alpha value is -7.73. The van der Waals surface area contributed by atoms with Crippen LogP contribution in [0.2, 0.25) is 0 Å². The van der Waals surface area contributed by atoms with Gasteiger partial charge in [-0.2, -0.15) is 0 Å². The molecule has 0 bridgehead atoms. The quantitative estimate of drug-likeness (QED) is 0.164. The molecule has 0 spiro atoms. The van der Waals surface area contributed by atoms with Gasteiger partial charge in [-0.05, 0) is 87.9 Å². The molecule has 0 fully saturated rings. The molecule has 66 heavy (non-hydrogen) atoms. The van der Waals surface area contributed by atoms with E-state index in [-0.39, 0.29) is 26.5 Å². The second-order valence-electron chi connectivity index (χ2n) is 18.1. The number of hydrogen-bond donors (Lipinski definition) is 0. The maximum Gasteiger partial charge on any atom is 2.00 e. The molecule has 0 radical (unpaired) electrons. The van der Waals surface area contributed by atoms with Crippen molar-refractivity contribution in [3.8, 4) is 34.0 Å². The van der Waals surface area contributed by atoms with Gasteiger partial charge in [0.1, 0.15) is 34.0 Å². The fraction of sp³-hybridized carbons (Fsp3) is 0.0690. The summed E-state index contributed by atoms with van der Waals surface area (Å²) < 4.78 is 17.7. The number of hydrogen-bond acceptors (Lipinski definition) is 4. The second kappa shape index (κ2) is 14.1. The molecule has 6 heterocycles. The summed E-state index contributed by atoms with van der Waals surface area (Å²) in [5, 5.41) is 8.35. The van der Waals surface area contributed by atoms with Crippen LogP contribution in [0.5, 0.6) is 0 Å². The van der Waals surface area contributed by atoms with E-state index in [1.165, 1.54) is 10.9 Å². The molecule has 7 nitrogen and oxygen atoms in total. The van der Waals surface area contributed by atoms with Crippen LogP contribution in [-0.4, -0.2) is 19.1 Å². The largest absolute Gasteiger partial charge is 2.00 e. The minimum Gasteiger partial charge on any atom is -0.656 e. The first-order valence-corrected chi connectivity index (χ1v) is 22.0. The van der Waals surface area contributed by atoms with E-state index in [9.17, 15) is 0 Å². The summed E-state index contributed by atoms with van der Waals surface area (Å²) in [5.74, 6) is 1.63. The van der Waals surface area contributed by atoms with Crippen LogP contribution >= 0.6 is 0 Å². The number of aromatic nitrogens is 5. The van der Waals surface area contributed by atoms with Crippen molar-refractivity contribution in [1.82, 2.24) is 24.1 Å². The maximum atomic E-state index is 6.76. The van der Waals surface area contributed by atoms with Crippen LogP contribution in [0.4, 0.5) is 0 Å². The third kappa shape index (κ3) is 5.53. The predicted octanol–water partition coefficient (Wildman–Crippen LogP) is 15.0. The maximum absolute atomic E-state index is 6.76. The van der Waals surface area contributed by atoms with E-state index < -0.39 is 0 Å². The number of nitrogens with zero attached hydrogens (tertiary/aromatic N) is 5. The van der Waals surface area contributed by atoms with Crippen LogP contribution in [0.1, 0.15) is 26.3 Å². The fourth-order valence-electron chi connectivity index (χ4n) is 10.2. The van der Waals surface area contributed by atoms with E-state index in [1.807, 2.05) is 48.7 Å². The van der Waals surface area contributed by atoms with Gasteiger partial charge in [-0.15, -0.1) is 34.8 Å². The average molecular weight is 1030 g/mol. The van der Waals surface area contributed by atoms with Gasteiger partial charge in [0.2, 0.25) is 0 Å². The number of para-hydroxylation sites is 4. The van der Waals surface area contributed by atoms with Crippen LogP contribution in [0.15, 0.2) is 179 Å². The molecule has 316 valence electrons. The van der Waals surface area contributed by atoms with Crippen molar-refractivity contribution < 1.29 is 29.9 Å². The summed E-state index contributed by atoms with van der Waals surface area (Å²) in [5.41, 5.74) is 14.0. The van der Waals surface area contributed by atoms with E-state index in [0.717, 1.165) is 127 Å². The predicted molar refractivity (Wildman–Crippen MR) is 264 cm³/mol. The van der Waals surface area contributed by atoms with E-state index >= 15 is 0 Å². The van der Waals surface area contributed by atoms with Crippen molar-refractivity contribution in [3.63, 3.8) is 0 Å². The van der Waals surface area contributed by atoms with E-state index in [4.69, 9.17) is 23.8 Å². The average Bonchev–Trinajstić information content (AvgIpc) is 4.15. The molecule has 14 rings (SSSR count). The summed E-state index contributed by atoms with van der Waals surface area (Å²) in [7, 11) is 0. The summed E-state index contributed by atoms with van der Waals surface area (Å²) in [4.78, 5) is 16.0. The third-order valence-corrected chi connectivity index (χ3v) is 13.3. The standard InChI is InChI=1S/C58H37N5O2.Pt/c1-58(2,3)34-24-26-46-40(29-34)37-25-23-33(28-48(37)63(46)52-22-11-12-27-59-52)36-18-13-19-47-54(36)61-57(62(47)35-14-5-4-6-15-35)44-30-42-39-17-8-10-21-50(39)65-56(42)53-43-32-51-41(31-45(43)60-55(44)53)38-16-7-9-20-49(38)64-51;/h4-27,29-32H,1-3H3;/q-2;+2. The smallest absolute Gasteiger partial charge is 0.656 e. The van der Waals surface area contributed by atoms with Gasteiger partial charge in [0.25, 0.3) is 0 Å². The van der Waals surface area contributed by atoms with Crippen LogP contribution < -0.4 is 4.98 Å². The minimum atomic E-state index is -0.00563. The van der Waals surface area contributed by atoms with Gasteiger partial charge in [-0.25, -0.2) is 9.97 Å². The molecular weight excluding hydrogens is 994 g/mol. The van der Waals surface area contributed by atoms with E-state index in [0.29, 0.717) is 0 Å². The third-order valence-electron chi connectivity index (χ3n) is 13.3. The first-order valence-electron chi connectivity index (χ1n) is 22.0. The van der Waals surface area contributed by atoms with E-state index in [1.54, 1.807) is 0 Å². The summed E-state index contributed by atoms with van der Waals surface area (Å²) in [6.45, 7) is 6.78. The molecule has 0 aliphatic rings. The van der Waals surface area contributed by atoms with Crippen molar-refractivity contribution >= 4 is 98.5 Å². The van der Waals surface area contributed by atoms with Crippen LogP contribution in [-0.2, 0) is 26.5 Å². The molecule has 0 N–H and O–H groups in total. The number of benzene rings is 8. The Balaban J connectivity index is 0.00000435. The molecule has 8 heteroatoms. The van der Waals surface area contributed by atoms with E-state index in [2.05, 4.69) is 157 Å². The van der Waals surface area contributed by atoms with Gasteiger partial charge in [0, 0.05) is 49.9 Å². The molecule has 0 unspecified atom stereocenters. The SMILES string of the molecule is CC(C)(C)c1ccc2c(c1)c1ccc(-c3cccc4c3nc(-c3cc5c6ccccc6oc5c5c3[n-]c3cc6c(cc35)oc3ccccc36)n4-c3ccccc3)[c-]c1n2-c1ccccn1.[Pt+2]. The van der Waals surface area contributed by atoms with Gasteiger partial charge in [0.05, 0.1) is 11.0 Å². The molecule has 0 aliphatic heterocycles.